The van der Waals surface area contributed by atoms with E-state index in [1.54, 1.807) is 6.92 Å². The van der Waals surface area contributed by atoms with Crippen LogP contribution in [0.1, 0.15) is 33.6 Å². The summed E-state index contributed by atoms with van der Waals surface area (Å²) in [5.41, 5.74) is 2.33. The third kappa shape index (κ3) is 3.70. The quantitative estimate of drug-likeness (QED) is 0.441. The first kappa shape index (κ1) is 18.1. The van der Waals surface area contributed by atoms with Gasteiger partial charge in [-0.25, -0.2) is 9.78 Å². The van der Waals surface area contributed by atoms with Crippen LogP contribution < -0.4 is 0 Å². The van der Waals surface area contributed by atoms with E-state index in [9.17, 15) is 4.79 Å². The zero-order chi connectivity index (χ0) is 19.5. The van der Waals surface area contributed by atoms with Crippen LogP contribution in [0.25, 0.3) is 22.6 Å². The van der Waals surface area contributed by atoms with E-state index >= 15 is 0 Å². The van der Waals surface area contributed by atoms with Crippen molar-refractivity contribution in [2.24, 2.45) is 0 Å². The molecule has 2 aromatic heterocycles. The van der Waals surface area contributed by atoms with Crippen molar-refractivity contribution in [3.05, 3.63) is 76.4 Å². The number of aryl methyl sites for hydroxylation is 1. The van der Waals surface area contributed by atoms with Crippen molar-refractivity contribution in [1.29, 1.82) is 0 Å². The van der Waals surface area contributed by atoms with E-state index < -0.39 is 12.1 Å². The lowest BCUT2D eigenvalue weighted by molar-refractivity contribution is 0.0272. The van der Waals surface area contributed by atoms with E-state index in [-0.39, 0.29) is 5.89 Å². The van der Waals surface area contributed by atoms with Gasteiger partial charge < -0.3 is 9.26 Å². The van der Waals surface area contributed by atoms with E-state index in [1.165, 1.54) is 11.3 Å². The number of carbonyl (C=O) groups excluding carboxylic acids is 1. The maximum Gasteiger partial charge on any atom is 0.351 e. The van der Waals surface area contributed by atoms with E-state index in [2.05, 4.69) is 15.1 Å². The molecular formula is C21H17N3O3S. The Morgan fingerprint density at radius 2 is 1.64 bits per heavy atom. The molecule has 0 aliphatic rings. The van der Waals surface area contributed by atoms with Gasteiger partial charge in [0.25, 0.3) is 5.89 Å². The predicted molar refractivity (Wildman–Crippen MR) is 106 cm³/mol. The molecule has 0 unspecified atom stereocenters. The second-order valence-corrected chi connectivity index (χ2v) is 7.35. The Labute approximate surface area is 165 Å². The van der Waals surface area contributed by atoms with Gasteiger partial charge in [-0.2, -0.15) is 4.98 Å². The van der Waals surface area contributed by atoms with Crippen molar-refractivity contribution in [3.63, 3.8) is 0 Å². The average Bonchev–Trinajstić information content (AvgIpc) is 3.36. The molecule has 0 radical (unpaired) electrons. The van der Waals surface area contributed by atoms with Crippen LogP contribution in [-0.4, -0.2) is 21.1 Å². The highest BCUT2D eigenvalue weighted by molar-refractivity contribution is 7.14. The largest absolute Gasteiger partial charge is 0.448 e. The van der Waals surface area contributed by atoms with E-state index in [1.807, 2.05) is 67.6 Å². The summed E-state index contributed by atoms with van der Waals surface area (Å²) in [6.45, 7) is 3.57. The highest BCUT2D eigenvalue weighted by atomic mass is 32.1. The molecule has 1 atom stereocenters. The average molecular weight is 391 g/mol. The lowest BCUT2D eigenvalue weighted by Gasteiger charge is -2.09. The van der Waals surface area contributed by atoms with Gasteiger partial charge in [0.2, 0.25) is 5.82 Å². The van der Waals surface area contributed by atoms with E-state index in [4.69, 9.17) is 9.26 Å². The van der Waals surface area contributed by atoms with Gasteiger partial charge >= 0.3 is 5.97 Å². The van der Waals surface area contributed by atoms with Gasteiger partial charge in [-0.3, -0.25) is 0 Å². The minimum Gasteiger partial charge on any atom is -0.448 e. The number of hydrogen-bond acceptors (Lipinski definition) is 7. The molecule has 6 nitrogen and oxygen atoms in total. The van der Waals surface area contributed by atoms with Crippen LogP contribution >= 0.6 is 11.3 Å². The summed E-state index contributed by atoms with van der Waals surface area (Å²) < 4.78 is 10.9. The van der Waals surface area contributed by atoms with Gasteiger partial charge in [-0.1, -0.05) is 65.8 Å². The van der Waals surface area contributed by atoms with Crippen molar-refractivity contribution in [3.8, 4) is 22.6 Å². The highest BCUT2D eigenvalue weighted by Gasteiger charge is 2.24. The van der Waals surface area contributed by atoms with Crippen LogP contribution in [0.2, 0.25) is 0 Å². The molecule has 0 fully saturated rings. The van der Waals surface area contributed by atoms with Crippen molar-refractivity contribution < 1.29 is 14.1 Å². The van der Waals surface area contributed by atoms with E-state index in [0.29, 0.717) is 16.4 Å². The van der Waals surface area contributed by atoms with Gasteiger partial charge in [-0.15, -0.1) is 11.3 Å². The Morgan fingerprint density at radius 1 is 1.00 bits per heavy atom. The fourth-order valence-corrected chi connectivity index (χ4v) is 3.55. The number of thiazole rings is 1. The number of carbonyl (C=O) groups is 1. The first-order valence-electron chi connectivity index (χ1n) is 8.74. The summed E-state index contributed by atoms with van der Waals surface area (Å²) in [5.74, 6) is 0.239. The molecule has 140 valence electrons. The minimum absolute atomic E-state index is 0.245. The fraction of sp³-hybridized carbons (Fsp3) is 0.143. The summed E-state index contributed by atoms with van der Waals surface area (Å²) >= 11 is 1.30. The Hall–Kier alpha value is -3.32. The Morgan fingerprint density at radius 3 is 2.32 bits per heavy atom. The topological polar surface area (TPSA) is 78.1 Å². The Bertz CT molecular complexity index is 1090. The number of rotatable bonds is 5. The van der Waals surface area contributed by atoms with Crippen LogP contribution in [0, 0.1) is 6.92 Å². The zero-order valence-corrected chi connectivity index (χ0v) is 16.1. The van der Waals surface area contributed by atoms with Crippen LogP contribution in [0.15, 0.2) is 65.2 Å². The van der Waals surface area contributed by atoms with Gasteiger partial charge in [-0.05, 0) is 13.8 Å². The molecule has 2 aromatic carbocycles. The summed E-state index contributed by atoms with van der Waals surface area (Å²) in [5, 5.41) is 4.76. The second kappa shape index (κ2) is 7.74. The van der Waals surface area contributed by atoms with Crippen molar-refractivity contribution >= 4 is 17.3 Å². The Kier molecular flexibility index (Phi) is 4.99. The summed E-state index contributed by atoms with van der Waals surface area (Å²) in [4.78, 5) is 22.1. The lowest BCUT2D eigenvalue weighted by Crippen LogP contribution is -2.09. The zero-order valence-electron chi connectivity index (χ0n) is 15.3. The predicted octanol–water partition coefficient (Wildman–Crippen LogP) is 5.09. The normalized spacial score (nSPS) is 11.9. The monoisotopic (exact) mass is 391 g/mol. The molecule has 0 aliphatic carbocycles. The van der Waals surface area contributed by atoms with Crippen molar-refractivity contribution in [2.45, 2.75) is 20.0 Å². The molecule has 28 heavy (non-hydrogen) atoms. The van der Waals surface area contributed by atoms with Crippen LogP contribution in [0.4, 0.5) is 0 Å². The molecule has 4 rings (SSSR count). The molecule has 0 N–H and O–H groups in total. The Balaban J connectivity index is 1.54. The molecule has 7 heteroatoms. The molecule has 0 spiro atoms. The SMILES string of the molecule is Cc1nc(-c2ccccc2)c(C(=O)O[C@@H](C)c2nc(-c3ccccc3)no2)s1. The smallest absolute Gasteiger partial charge is 0.351 e. The summed E-state index contributed by atoms with van der Waals surface area (Å²) in [6.07, 6.45) is -0.677. The molecule has 2 heterocycles. The van der Waals surface area contributed by atoms with Gasteiger partial charge in [0, 0.05) is 11.1 Å². The first-order valence-corrected chi connectivity index (χ1v) is 9.56. The standard InChI is InChI=1S/C21H17N3O3S/c1-13(20-23-19(24-27-20)16-11-7-4-8-12-16)26-21(25)18-17(22-14(2)28-18)15-9-5-3-6-10-15/h3-13H,1-2H3/t13-/m0/s1. The minimum atomic E-state index is -0.677. The molecular weight excluding hydrogens is 374 g/mol. The van der Waals surface area contributed by atoms with Gasteiger partial charge in [0.15, 0.2) is 6.10 Å². The molecule has 0 saturated carbocycles. The van der Waals surface area contributed by atoms with Crippen molar-refractivity contribution in [2.75, 3.05) is 0 Å². The van der Waals surface area contributed by atoms with Gasteiger partial charge in [0.1, 0.15) is 4.88 Å². The van der Waals surface area contributed by atoms with E-state index in [0.717, 1.165) is 16.1 Å². The number of esters is 1. The summed E-state index contributed by atoms with van der Waals surface area (Å²) in [7, 11) is 0. The van der Waals surface area contributed by atoms with Crippen molar-refractivity contribution in [1.82, 2.24) is 15.1 Å². The fourth-order valence-electron chi connectivity index (χ4n) is 2.73. The molecule has 0 aliphatic heterocycles. The number of hydrogen-bond donors (Lipinski definition) is 0. The molecule has 4 aromatic rings. The number of benzene rings is 2. The number of ether oxygens (including phenoxy) is 1. The van der Waals surface area contributed by atoms with Gasteiger partial charge in [0.05, 0.1) is 10.7 Å². The molecule has 0 bridgehead atoms. The lowest BCUT2D eigenvalue weighted by atomic mass is 10.1. The molecule has 0 saturated heterocycles. The third-order valence-corrected chi connectivity index (χ3v) is 5.02. The second-order valence-electron chi connectivity index (χ2n) is 6.15. The highest BCUT2D eigenvalue weighted by Crippen LogP contribution is 2.30. The van der Waals surface area contributed by atoms with Crippen LogP contribution in [0.5, 0.6) is 0 Å². The first-order chi connectivity index (χ1) is 13.6. The van der Waals surface area contributed by atoms with Crippen LogP contribution in [-0.2, 0) is 4.74 Å². The maximum absolute atomic E-state index is 12.8. The van der Waals surface area contributed by atoms with Crippen LogP contribution in [0.3, 0.4) is 0 Å². The third-order valence-electron chi connectivity index (χ3n) is 4.07. The number of nitrogens with zero attached hydrogens (tertiary/aromatic N) is 3. The maximum atomic E-state index is 12.8. The number of aromatic nitrogens is 3. The summed E-state index contributed by atoms with van der Waals surface area (Å²) in [6, 6.07) is 19.0. The molecule has 0 amide bonds.